The van der Waals surface area contributed by atoms with Gasteiger partial charge in [0.25, 0.3) is 5.91 Å². The largest absolute Gasteiger partial charge is 0.378 e. The first-order valence-corrected chi connectivity index (χ1v) is 10.9. The summed E-state index contributed by atoms with van der Waals surface area (Å²) in [5.74, 6) is 1.26. The number of hydrogen-bond donors (Lipinski definition) is 3. The van der Waals surface area contributed by atoms with Crippen molar-refractivity contribution in [3.05, 3.63) is 35.4 Å². The van der Waals surface area contributed by atoms with E-state index in [0.29, 0.717) is 18.0 Å². The summed E-state index contributed by atoms with van der Waals surface area (Å²) < 4.78 is 5.80. The van der Waals surface area contributed by atoms with E-state index in [9.17, 15) is 4.79 Å². The minimum Gasteiger partial charge on any atom is -0.378 e. The summed E-state index contributed by atoms with van der Waals surface area (Å²) in [5, 5.41) is 9.65. The second-order valence-corrected chi connectivity index (χ2v) is 7.63. The summed E-state index contributed by atoms with van der Waals surface area (Å²) in [5.41, 5.74) is 1.75. The number of nitrogens with one attached hydrogen (secondary N) is 3. The molecule has 0 heterocycles. The van der Waals surface area contributed by atoms with Crippen LogP contribution in [-0.4, -0.2) is 43.7 Å². The van der Waals surface area contributed by atoms with E-state index in [1.807, 2.05) is 38.1 Å². The number of hydrogen-bond acceptors (Lipinski definition) is 3. The summed E-state index contributed by atoms with van der Waals surface area (Å²) in [6.07, 6.45) is 2.11. The maximum absolute atomic E-state index is 12.2. The Morgan fingerprint density at radius 2 is 1.73 bits per heavy atom. The first-order chi connectivity index (χ1) is 13.9. The molecule has 0 radical (unpaired) electrons. The van der Waals surface area contributed by atoms with Crippen LogP contribution in [0.4, 0.5) is 0 Å². The highest BCUT2D eigenvalue weighted by Gasteiger charge is 2.13. The lowest BCUT2D eigenvalue weighted by Gasteiger charge is -2.21. The summed E-state index contributed by atoms with van der Waals surface area (Å²) in [6.45, 7) is 15.4. The number of carbonyl (C=O) groups is 1. The van der Waals surface area contributed by atoms with Crippen LogP contribution in [0.5, 0.6) is 0 Å². The van der Waals surface area contributed by atoms with E-state index in [2.05, 4.69) is 48.6 Å². The van der Waals surface area contributed by atoms with E-state index >= 15 is 0 Å². The van der Waals surface area contributed by atoms with Crippen molar-refractivity contribution in [2.45, 2.75) is 73.1 Å². The van der Waals surface area contributed by atoms with Crippen LogP contribution in [0, 0.1) is 5.92 Å². The lowest BCUT2D eigenvalue weighted by molar-refractivity contribution is 0.0258. The second kappa shape index (κ2) is 16.4. The standard InChI is InChI=1S/C23H40N4O2.HI/c1-7-18(6)27-22(28)20-12-10-19(11-13-20)16-26-23(24-8-2)25-15-14-21(17(4)5)29-9-3;/h10-13,17-18,21H,7-9,14-16H2,1-6H3,(H,27,28)(H2,24,25,26);1H. The molecule has 1 aromatic carbocycles. The van der Waals surface area contributed by atoms with Crippen molar-refractivity contribution >= 4 is 35.8 Å². The molecule has 0 saturated carbocycles. The van der Waals surface area contributed by atoms with Gasteiger partial charge in [-0.1, -0.05) is 32.9 Å². The molecule has 0 bridgehead atoms. The predicted molar refractivity (Wildman–Crippen MR) is 137 cm³/mol. The molecule has 172 valence electrons. The summed E-state index contributed by atoms with van der Waals surface area (Å²) >= 11 is 0. The molecular weight excluding hydrogens is 491 g/mol. The number of ether oxygens (including phenoxy) is 1. The number of guanidine groups is 1. The van der Waals surface area contributed by atoms with E-state index in [1.54, 1.807) is 0 Å². The Balaban J connectivity index is 0.00000841. The van der Waals surface area contributed by atoms with Gasteiger partial charge in [0.1, 0.15) is 0 Å². The number of carbonyl (C=O) groups excluding carboxylic acids is 1. The first-order valence-electron chi connectivity index (χ1n) is 10.9. The lowest BCUT2D eigenvalue weighted by Crippen LogP contribution is -2.39. The molecule has 30 heavy (non-hydrogen) atoms. The Kier molecular flexibility index (Phi) is 15.6. The third-order valence-corrected chi connectivity index (χ3v) is 4.82. The molecule has 1 rings (SSSR count). The Morgan fingerprint density at radius 3 is 2.27 bits per heavy atom. The van der Waals surface area contributed by atoms with Crippen molar-refractivity contribution in [3.8, 4) is 0 Å². The average Bonchev–Trinajstić information content (AvgIpc) is 2.71. The molecule has 0 fully saturated rings. The molecule has 0 aromatic heterocycles. The lowest BCUT2D eigenvalue weighted by atomic mass is 10.0. The number of rotatable bonds is 12. The average molecular weight is 533 g/mol. The number of benzene rings is 1. The van der Waals surface area contributed by atoms with Crippen LogP contribution >= 0.6 is 24.0 Å². The molecule has 6 nitrogen and oxygen atoms in total. The maximum Gasteiger partial charge on any atom is 0.251 e. The van der Waals surface area contributed by atoms with Gasteiger partial charge in [-0.2, -0.15) is 0 Å². The highest BCUT2D eigenvalue weighted by molar-refractivity contribution is 14.0. The second-order valence-electron chi connectivity index (χ2n) is 7.63. The topological polar surface area (TPSA) is 74.8 Å². The van der Waals surface area contributed by atoms with Gasteiger partial charge in [0.2, 0.25) is 0 Å². The van der Waals surface area contributed by atoms with Gasteiger partial charge < -0.3 is 20.7 Å². The molecule has 1 amide bonds. The van der Waals surface area contributed by atoms with Crippen LogP contribution < -0.4 is 16.0 Å². The quantitative estimate of drug-likeness (QED) is 0.213. The van der Waals surface area contributed by atoms with Crippen molar-refractivity contribution in [3.63, 3.8) is 0 Å². The fourth-order valence-electron chi connectivity index (χ4n) is 2.84. The first kappa shape index (κ1) is 28.6. The predicted octanol–water partition coefficient (Wildman–Crippen LogP) is 4.34. The normalized spacial score (nSPS) is 13.4. The summed E-state index contributed by atoms with van der Waals surface area (Å²) in [7, 11) is 0. The van der Waals surface area contributed by atoms with E-state index < -0.39 is 0 Å². The van der Waals surface area contributed by atoms with Gasteiger partial charge in [-0.05, 0) is 57.2 Å². The van der Waals surface area contributed by atoms with Gasteiger partial charge in [0.05, 0.1) is 12.6 Å². The van der Waals surface area contributed by atoms with Crippen molar-refractivity contribution in [1.82, 2.24) is 16.0 Å². The Hall–Kier alpha value is -1.35. The highest BCUT2D eigenvalue weighted by Crippen LogP contribution is 2.10. The van der Waals surface area contributed by atoms with Crippen LogP contribution in [0.25, 0.3) is 0 Å². The molecule has 0 saturated heterocycles. The fourth-order valence-corrected chi connectivity index (χ4v) is 2.84. The number of nitrogens with zero attached hydrogens (tertiary/aromatic N) is 1. The minimum absolute atomic E-state index is 0. The minimum atomic E-state index is -0.0292. The van der Waals surface area contributed by atoms with Crippen LogP contribution in [0.3, 0.4) is 0 Å². The zero-order chi connectivity index (χ0) is 21.6. The molecule has 0 spiro atoms. The van der Waals surface area contributed by atoms with Crippen LogP contribution in [0.1, 0.15) is 70.3 Å². The van der Waals surface area contributed by atoms with E-state index in [1.165, 1.54) is 0 Å². The van der Waals surface area contributed by atoms with Gasteiger partial charge in [0.15, 0.2) is 5.96 Å². The Morgan fingerprint density at radius 1 is 1.07 bits per heavy atom. The highest BCUT2D eigenvalue weighted by atomic mass is 127. The number of aliphatic imine (C=N–C) groups is 1. The number of halogens is 1. The van der Waals surface area contributed by atoms with Crippen LogP contribution in [0.15, 0.2) is 29.3 Å². The van der Waals surface area contributed by atoms with E-state index in [4.69, 9.17) is 4.74 Å². The van der Waals surface area contributed by atoms with Gasteiger partial charge in [-0.3, -0.25) is 4.79 Å². The summed E-state index contributed by atoms with van der Waals surface area (Å²) in [4.78, 5) is 16.8. The molecule has 2 unspecified atom stereocenters. The van der Waals surface area contributed by atoms with Crippen molar-refractivity contribution < 1.29 is 9.53 Å². The molecule has 0 aliphatic carbocycles. The van der Waals surface area contributed by atoms with Crippen molar-refractivity contribution in [2.75, 3.05) is 19.7 Å². The van der Waals surface area contributed by atoms with Crippen LogP contribution in [0.2, 0.25) is 0 Å². The third-order valence-electron chi connectivity index (χ3n) is 4.82. The van der Waals surface area contributed by atoms with Gasteiger partial charge in [-0.25, -0.2) is 4.99 Å². The molecule has 0 aliphatic rings. The molecule has 0 aliphatic heterocycles. The van der Waals surface area contributed by atoms with E-state index in [0.717, 1.165) is 44.1 Å². The SMILES string of the molecule is CCNC(=NCc1ccc(C(=O)NC(C)CC)cc1)NCCC(OCC)C(C)C.I. The Labute approximate surface area is 200 Å². The molecule has 3 N–H and O–H groups in total. The fraction of sp³-hybridized carbons (Fsp3) is 0.652. The van der Waals surface area contributed by atoms with E-state index in [-0.39, 0.29) is 42.0 Å². The maximum atomic E-state index is 12.2. The smallest absolute Gasteiger partial charge is 0.251 e. The molecular formula is C23H41IN4O2. The molecule has 1 aromatic rings. The zero-order valence-electron chi connectivity index (χ0n) is 19.5. The van der Waals surface area contributed by atoms with Gasteiger partial charge in [0, 0.05) is 31.3 Å². The Bertz CT molecular complexity index is 620. The van der Waals surface area contributed by atoms with Gasteiger partial charge in [-0.15, -0.1) is 24.0 Å². The zero-order valence-corrected chi connectivity index (χ0v) is 21.8. The monoisotopic (exact) mass is 532 g/mol. The van der Waals surface area contributed by atoms with Gasteiger partial charge >= 0.3 is 0 Å². The van der Waals surface area contributed by atoms with Crippen molar-refractivity contribution in [1.29, 1.82) is 0 Å². The third kappa shape index (κ3) is 11.2. The molecule has 2 atom stereocenters. The number of amides is 1. The molecule has 7 heteroatoms. The van der Waals surface area contributed by atoms with Crippen molar-refractivity contribution in [2.24, 2.45) is 10.9 Å². The summed E-state index contributed by atoms with van der Waals surface area (Å²) in [6, 6.07) is 7.82. The van der Waals surface area contributed by atoms with Crippen LogP contribution in [-0.2, 0) is 11.3 Å².